The van der Waals surface area contributed by atoms with Crippen LogP contribution in [0.4, 0.5) is 5.69 Å². The number of ether oxygens (including phenoxy) is 1. The van der Waals surface area contributed by atoms with E-state index in [9.17, 15) is 9.59 Å². The molecule has 0 aliphatic rings. The van der Waals surface area contributed by atoms with Crippen LogP contribution in [-0.2, 0) is 20.7 Å². The molecule has 0 unspecified atom stereocenters. The van der Waals surface area contributed by atoms with Crippen molar-refractivity contribution in [1.29, 1.82) is 0 Å². The molecule has 0 fully saturated rings. The third-order valence-electron chi connectivity index (χ3n) is 3.50. The molecular weight excluding hydrogens is 361 g/mol. The highest BCUT2D eigenvalue weighted by molar-refractivity contribution is 6.43. The van der Waals surface area contributed by atoms with Crippen LogP contribution < -0.4 is 5.32 Å². The van der Waals surface area contributed by atoms with Crippen LogP contribution in [0.2, 0.25) is 10.0 Å². The molecule has 0 aromatic heterocycles. The number of nitrogens with one attached hydrogen (secondary N) is 1. The van der Waals surface area contributed by atoms with Crippen LogP contribution in [0.25, 0.3) is 0 Å². The molecule has 0 heterocycles. The Hall–Kier alpha value is -2.04. The quantitative estimate of drug-likeness (QED) is 0.524. The van der Waals surface area contributed by atoms with Crippen LogP contribution >= 0.6 is 23.2 Å². The summed E-state index contributed by atoms with van der Waals surface area (Å²) >= 11 is 11.9. The molecule has 0 aliphatic carbocycles. The van der Waals surface area contributed by atoms with E-state index in [1.54, 1.807) is 18.2 Å². The maximum atomic E-state index is 11.9. The first-order valence-electron chi connectivity index (χ1n) is 7.99. The Kier molecular flexibility index (Phi) is 7.76. The lowest BCUT2D eigenvalue weighted by Crippen LogP contribution is -2.15. The minimum atomic E-state index is -0.389. The van der Waals surface area contributed by atoms with Crippen molar-refractivity contribution >= 4 is 40.8 Å². The summed E-state index contributed by atoms with van der Waals surface area (Å²) in [6.45, 7) is 0.343. The Balaban J connectivity index is 1.64. The molecular formula is C19H19Cl2NO3. The average molecular weight is 380 g/mol. The SMILES string of the molecule is O=C(CCC(=O)OCCCc1ccccc1)Nc1cccc(Cl)c1Cl. The van der Waals surface area contributed by atoms with Crippen molar-refractivity contribution in [2.24, 2.45) is 0 Å². The van der Waals surface area contributed by atoms with Crippen molar-refractivity contribution in [1.82, 2.24) is 0 Å². The normalized spacial score (nSPS) is 10.3. The highest BCUT2D eigenvalue weighted by Crippen LogP contribution is 2.29. The second kappa shape index (κ2) is 10.1. The van der Waals surface area contributed by atoms with Crippen molar-refractivity contribution in [2.75, 3.05) is 11.9 Å². The molecule has 0 radical (unpaired) electrons. The summed E-state index contributed by atoms with van der Waals surface area (Å²) in [7, 11) is 0. The van der Waals surface area contributed by atoms with Crippen molar-refractivity contribution in [3.63, 3.8) is 0 Å². The number of hydrogen-bond acceptors (Lipinski definition) is 3. The van der Waals surface area contributed by atoms with E-state index in [0.717, 1.165) is 12.8 Å². The van der Waals surface area contributed by atoms with Crippen LogP contribution in [0.1, 0.15) is 24.8 Å². The fourth-order valence-electron chi connectivity index (χ4n) is 2.21. The first-order valence-corrected chi connectivity index (χ1v) is 8.75. The van der Waals surface area contributed by atoms with Gasteiger partial charge in [0, 0.05) is 6.42 Å². The van der Waals surface area contributed by atoms with E-state index in [4.69, 9.17) is 27.9 Å². The Labute approximate surface area is 157 Å². The molecule has 2 aromatic carbocycles. The highest BCUT2D eigenvalue weighted by Gasteiger charge is 2.11. The molecule has 0 atom stereocenters. The Bertz CT molecular complexity index is 720. The first-order chi connectivity index (χ1) is 12.1. The molecule has 1 amide bonds. The summed E-state index contributed by atoms with van der Waals surface area (Å²) in [5, 5.41) is 3.27. The molecule has 25 heavy (non-hydrogen) atoms. The number of carbonyl (C=O) groups is 2. The van der Waals surface area contributed by atoms with E-state index in [1.807, 2.05) is 30.3 Å². The van der Waals surface area contributed by atoms with Gasteiger partial charge in [-0.25, -0.2) is 0 Å². The summed E-state index contributed by atoms with van der Waals surface area (Å²) < 4.78 is 5.14. The van der Waals surface area contributed by atoms with Gasteiger partial charge < -0.3 is 10.1 Å². The fraction of sp³-hybridized carbons (Fsp3) is 0.263. The zero-order valence-electron chi connectivity index (χ0n) is 13.6. The van der Waals surface area contributed by atoms with E-state index in [0.29, 0.717) is 17.3 Å². The molecule has 0 saturated carbocycles. The second-order valence-electron chi connectivity index (χ2n) is 5.46. The number of aryl methyl sites for hydroxylation is 1. The number of benzene rings is 2. The fourth-order valence-corrected chi connectivity index (χ4v) is 2.56. The molecule has 0 bridgehead atoms. The molecule has 0 spiro atoms. The van der Waals surface area contributed by atoms with Crippen LogP contribution in [0.3, 0.4) is 0 Å². The lowest BCUT2D eigenvalue weighted by atomic mass is 10.1. The predicted octanol–water partition coefficient (Wildman–Crippen LogP) is 4.89. The molecule has 2 aromatic rings. The molecule has 4 nitrogen and oxygen atoms in total. The van der Waals surface area contributed by atoms with Gasteiger partial charge in [0.15, 0.2) is 0 Å². The van der Waals surface area contributed by atoms with E-state index in [2.05, 4.69) is 5.32 Å². The number of rotatable bonds is 8. The topological polar surface area (TPSA) is 55.4 Å². The first kappa shape index (κ1) is 19.3. The lowest BCUT2D eigenvalue weighted by molar-refractivity contribution is -0.144. The minimum Gasteiger partial charge on any atom is -0.466 e. The van der Waals surface area contributed by atoms with Gasteiger partial charge in [-0.3, -0.25) is 9.59 Å². The third-order valence-corrected chi connectivity index (χ3v) is 4.32. The van der Waals surface area contributed by atoms with Crippen molar-refractivity contribution in [3.05, 3.63) is 64.1 Å². The predicted molar refractivity (Wildman–Crippen MR) is 100 cm³/mol. The summed E-state index contributed by atoms with van der Waals surface area (Å²) in [6, 6.07) is 15.0. The largest absolute Gasteiger partial charge is 0.466 e. The van der Waals surface area contributed by atoms with Gasteiger partial charge in [-0.1, -0.05) is 59.6 Å². The van der Waals surface area contributed by atoms with Crippen molar-refractivity contribution in [2.45, 2.75) is 25.7 Å². The number of amides is 1. The van der Waals surface area contributed by atoms with E-state index >= 15 is 0 Å². The summed E-state index contributed by atoms with van der Waals surface area (Å²) in [5.41, 5.74) is 1.63. The minimum absolute atomic E-state index is 0.0232. The maximum Gasteiger partial charge on any atom is 0.306 e. The molecule has 1 N–H and O–H groups in total. The third kappa shape index (κ3) is 6.77. The Morgan fingerprint density at radius 3 is 2.48 bits per heavy atom. The van der Waals surface area contributed by atoms with E-state index in [1.165, 1.54) is 5.56 Å². The summed E-state index contributed by atoms with van der Waals surface area (Å²) in [4.78, 5) is 23.6. The monoisotopic (exact) mass is 379 g/mol. The van der Waals surface area contributed by atoms with Gasteiger partial charge in [-0.05, 0) is 30.5 Å². The van der Waals surface area contributed by atoms with Crippen LogP contribution in [-0.4, -0.2) is 18.5 Å². The van der Waals surface area contributed by atoms with Gasteiger partial charge in [0.05, 0.1) is 28.8 Å². The second-order valence-corrected chi connectivity index (χ2v) is 6.24. The Morgan fingerprint density at radius 2 is 1.72 bits per heavy atom. The smallest absolute Gasteiger partial charge is 0.306 e. The average Bonchev–Trinajstić information content (AvgIpc) is 2.62. The summed E-state index contributed by atoms with van der Waals surface area (Å²) in [5.74, 6) is -0.703. The van der Waals surface area contributed by atoms with Crippen molar-refractivity contribution < 1.29 is 14.3 Å². The maximum absolute atomic E-state index is 11.9. The van der Waals surface area contributed by atoms with Gasteiger partial charge in [0.1, 0.15) is 0 Å². The van der Waals surface area contributed by atoms with Gasteiger partial charge in [-0.15, -0.1) is 0 Å². The number of esters is 1. The lowest BCUT2D eigenvalue weighted by Gasteiger charge is -2.08. The summed E-state index contributed by atoms with van der Waals surface area (Å²) in [6.07, 6.45) is 1.65. The number of hydrogen-bond donors (Lipinski definition) is 1. The van der Waals surface area contributed by atoms with E-state index in [-0.39, 0.29) is 29.7 Å². The van der Waals surface area contributed by atoms with E-state index < -0.39 is 0 Å². The van der Waals surface area contributed by atoms with Gasteiger partial charge in [0.25, 0.3) is 0 Å². The van der Waals surface area contributed by atoms with Gasteiger partial charge >= 0.3 is 5.97 Å². The highest BCUT2D eigenvalue weighted by atomic mass is 35.5. The molecule has 0 aliphatic heterocycles. The van der Waals surface area contributed by atoms with Gasteiger partial charge in [-0.2, -0.15) is 0 Å². The van der Waals surface area contributed by atoms with Crippen LogP contribution in [0.5, 0.6) is 0 Å². The number of carbonyl (C=O) groups excluding carboxylic acids is 2. The van der Waals surface area contributed by atoms with Gasteiger partial charge in [0.2, 0.25) is 5.91 Å². The zero-order valence-corrected chi connectivity index (χ0v) is 15.1. The Morgan fingerprint density at radius 1 is 0.960 bits per heavy atom. The molecule has 132 valence electrons. The van der Waals surface area contributed by atoms with Crippen LogP contribution in [0, 0.1) is 0 Å². The standard InChI is InChI=1S/C19H19Cl2NO3/c20-15-9-4-10-16(19(15)21)22-17(23)11-12-18(24)25-13-5-8-14-6-2-1-3-7-14/h1-4,6-7,9-10H,5,8,11-13H2,(H,22,23). The molecule has 6 heteroatoms. The number of halogens is 2. The molecule has 0 saturated heterocycles. The zero-order chi connectivity index (χ0) is 18.1. The number of anilines is 1. The van der Waals surface area contributed by atoms with Crippen molar-refractivity contribution in [3.8, 4) is 0 Å². The van der Waals surface area contributed by atoms with Crippen LogP contribution in [0.15, 0.2) is 48.5 Å². The molecule has 2 rings (SSSR count).